The molecule has 3 aromatic heterocycles. The molecule has 1 aliphatic heterocycles. The summed E-state index contributed by atoms with van der Waals surface area (Å²) in [5.41, 5.74) is 5.80. The van der Waals surface area contributed by atoms with E-state index < -0.39 is 48.2 Å². The molecule has 1 fully saturated rings. The Balaban J connectivity index is 1.28. The van der Waals surface area contributed by atoms with Crippen LogP contribution in [-0.4, -0.2) is 81.3 Å². The van der Waals surface area contributed by atoms with Gasteiger partial charge in [0.25, 0.3) is 0 Å². The van der Waals surface area contributed by atoms with Crippen molar-refractivity contribution in [3.05, 3.63) is 87.9 Å². The highest BCUT2D eigenvalue weighted by molar-refractivity contribution is 7.07. The monoisotopic (exact) mass is 666 g/mol. The Kier molecular flexibility index (Phi) is 8.22. The Morgan fingerprint density at radius 2 is 1.89 bits per heavy atom. The van der Waals surface area contributed by atoms with Gasteiger partial charge in [0, 0.05) is 11.8 Å². The second kappa shape index (κ2) is 12.0. The lowest BCUT2D eigenvalue weighted by atomic mass is 9.89. The highest BCUT2D eigenvalue weighted by Gasteiger charge is 2.55. The number of hydrogen-bond acceptors (Lipinski definition) is 12. The van der Waals surface area contributed by atoms with Gasteiger partial charge in [0.1, 0.15) is 23.3 Å². The van der Waals surface area contributed by atoms with Gasteiger partial charge in [-0.15, -0.1) is 11.3 Å². The van der Waals surface area contributed by atoms with Gasteiger partial charge in [0.05, 0.1) is 29.7 Å². The molecule has 14 nitrogen and oxygen atoms in total. The van der Waals surface area contributed by atoms with Gasteiger partial charge in [-0.05, 0) is 41.3 Å². The molecule has 6 rings (SSSR count). The van der Waals surface area contributed by atoms with Gasteiger partial charge in [-0.2, -0.15) is 9.97 Å². The topological polar surface area (TPSA) is 216 Å². The fourth-order valence-corrected chi connectivity index (χ4v) is 6.27. The summed E-state index contributed by atoms with van der Waals surface area (Å²) in [7, 11) is 0. The molecule has 0 spiro atoms. The number of aliphatic hydroxyl groups is 2. The number of nitrogens with zero attached hydrogens (tertiary/aromatic N) is 5. The Labute approximate surface area is 269 Å². The Bertz CT molecular complexity index is 1920. The predicted molar refractivity (Wildman–Crippen MR) is 165 cm³/mol. The van der Waals surface area contributed by atoms with Crippen molar-refractivity contribution < 1.29 is 39.5 Å². The van der Waals surface area contributed by atoms with Gasteiger partial charge in [-0.3, -0.25) is 4.57 Å². The van der Waals surface area contributed by atoms with E-state index in [1.165, 1.54) is 40.7 Å². The molecule has 16 heteroatoms. The number of carboxylic acids is 2. The summed E-state index contributed by atoms with van der Waals surface area (Å²) in [5, 5.41) is 44.1. The number of carboxylic acid groups (broad SMARTS) is 2. The molecular formula is C30H27ClN6O8S. The summed E-state index contributed by atoms with van der Waals surface area (Å²) in [6.07, 6.45) is -2.80. The van der Waals surface area contributed by atoms with Crippen molar-refractivity contribution in [3.8, 4) is 11.1 Å². The zero-order chi connectivity index (χ0) is 32.8. The molecule has 6 N–H and O–H groups in total. The predicted octanol–water partition coefficient (Wildman–Crippen LogP) is 3.13. The van der Waals surface area contributed by atoms with Crippen LogP contribution in [0, 0.1) is 0 Å². The number of aromatic carboxylic acids is 1. The molecule has 2 aromatic carbocycles. The molecule has 5 atom stereocenters. The number of nitrogens with two attached hydrogens (primary N) is 1. The van der Waals surface area contributed by atoms with Gasteiger partial charge >= 0.3 is 11.9 Å². The average molecular weight is 667 g/mol. The number of anilines is 1. The number of hydrogen-bond donors (Lipinski definition) is 5. The molecule has 238 valence electrons. The number of aliphatic hydroxyl groups excluding tert-OH is 1. The van der Waals surface area contributed by atoms with Gasteiger partial charge in [0.2, 0.25) is 10.9 Å². The van der Waals surface area contributed by atoms with Crippen LogP contribution in [0.5, 0.6) is 0 Å². The minimum atomic E-state index is -2.01. The number of rotatable bonds is 10. The quantitative estimate of drug-likeness (QED) is 0.136. The van der Waals surface area contributed by atoms with Crippen LogP contribution in [0.1, 0.15) is 34.8 Å². The first kappa shape index (κ1) is 31.5. The summed E-state index contributed by atoms with van der Waals surface area (Å²) in [5.74, 6) is -2.39. The van der Waals surface area contributed by atoms with E-state index in [9.17, 15) is 30.0 Å². The number of fused-ring (bicyclic) bond motifs is 1. The third-order valence-corrected chi connectivity index (χ3v) is 8.82. The second-order valence-electron chi connectivity index (χ2n) is 10.9. The Morgan fingerprint density at radius 1 is 1.15 bits per heavy atom. The van der Waals surface area contributed by atoms with Crippen LogP contribution in [-0.2, 0) is 26.3 Å². The van der Waals surface area contributed by atoms with Crippen molar-refractivity contribution in [1.29, 1.82) is 0 Å². The molecule has 0 aliphatic carbocycles. The first-order chi connectivity index (χ1) is 21.9. The summed E-state index contributed by atoms with van der Waals surface area (Å²) in [6.45, 7) is 0.888. The van der Waals surface area contributed by atoms with Crippen LogP contribution in [0.3, 0.4) is 0 Å². The van der Waals surface area contributed by atoms with E-state index in [1.807, 2.05) is 0 Å². The van der Waals surface area contributed by atoms with Crippen LogP contribution in [0.15, 0.2) is 65.7 Å². The number of imidazole rings is 1. The standard InChI is InChI=1S/C30H27ClN6O8S/c1-29(43)20(45-25(22(29)38)37-13-33-21-23(32)35-28(31)36-24(21)37)11-44-30(27(41)42,19-12-46-14-34-19)10-15-6-8-16(9-7-15)17-4-2-3-5-18(17)26(39)40/h2-9,12-14,20,22,25,38,43H,10-11H2,1H3,(H,39,40)(H,41,42)(H2,32,35,36)/t20-,22+,25-,29-,30?/m1/s1. The first-order valence-corrected chi connectivity index (χ1v) is 15.1. The van der Waals surface area contributed by atoms with Crippen LogP contribution in [0.4, 0.5) is 5.82 Å². The van der Waals surface area contributed by atoms with Crippen molar-refractivity contribution in [1.82, 2.24) is 24.5 Å². The first-order valence-electron chi connectivity index (χ1n) is 13.8. The third kappa shape index (κ3) is 5.46. The summed E-state index contributed by atoms with van der Waals surface area (Å²) < 4.78 is 13.6. The molecule has 5 aromatic rings. The Hall–Kier alpha value is -4.51. The molecule has 0 saturated carbocycles. The van der Waals surface area contributed by atoms with Gasteiger partial charge < -0.3 is 35.6 Å². The summed E-state index contributed by atoms with van der Waals surface area (Å²) in [4.78, 5) is 41.1. The van der Waals surface area contributed by atoms with E-state index in [2.05, 4.69) is 19.9 Å². The van der Waals surface area contributed by atoms with E-state index >= 15 is 0 Å². The normalized spacial score (nSPS) is 22.6. The van der Waals surface area contributed by atoms with E-state index in [-0.39, 0.29) is 39.9 Å². The summed E-state index contributed by atoms with van der Waals surface area (Å²) >= 11 is 7.17. The number of thiazole rings is 1. The maximum atomic E-state index is 13.0. The average Bonchev–Trinajstić information content (AvgIpc) is 3.76. The smallest absolute Gasteiger partial charge is 0.342 e. The lowest BCUT2D eigenvalue weighted by Gasteiger charge is -2.32. The van der Waals surface area contributed by atoms with Crippen molar-refractivity contribution in [2.24, 2.45) is 0 Å². The number of carbonyl (C=O) groups is 2. The number of aliphatic carboxylic acids is 1. The fourth-order valence-electron chi connectivity index (χ4n) is 5.49. The van der Waals surface area contributed by atoms with Gasteiger partial charge in [0.15, 0.2) is 17.7 Å². The number of aromatic nitrogens is 5. The largest absolute Gasteiger partial charge is 0.479 e. The van der Waals surface area contributed by atoms with Gasteiger partial charge in [-0.1, -0.05) is 42.5 Å². The molecule has 1 saturated heterocycles. The van der Waals surface area contributed by atoms with Crippen molar-refractivity contribution in [2.75, 3.05) is 12.3 Å². The molecule has 0 radical (unpaired) electrons. The number of halogens is 1. The zero-order valence-corrected chi connectivity index (χ0v) is 25.6. The van der Waals surface area contributed by atoms with E-state index in [0.717, 1.165) is 0 Å². The number of nitrogen functional groups attached to an aromatic ring is 1. The van der Waals surface area contributed by atoms with Crippen LogP contribution in [0.2, 0.25) is 5.28 Å². The van der Waals surface area contributed by atoms with Crippen LogP contribution < -0.4 is 5.73 Å². The molecule has 0 bridgehead atoms. The highest BCUT2D eigenvalue weighted by Crippen LogP contribution is 2.40. The summed E-state index contributed by atoms with van der Waals surface area (Å²) in [6, 6.07) is 13.3. The molecule has 1 aliphatic rings. The third-order valence-electron chi connectivity index (χ3n) is 8.07. The minimum absolute atomic E-state index is 0.0153. The second-order valence-corrected chi connectivity index (χ2v) is 12.0. The number of benzene rings is 2. The van der Waals surface area contributed by atoms with E-state index in [1.54, 1.807) is 47.8 Å². The Morgan fingerprint density at radius 3 is 2.57 bits per heavy atom. The zero-order valence-electron chi connectivity index (χ0n) is 24.0. The van der Waals surface area contributed by atoms with Crippen molar-refractivity contribution in [3.63, 3.8) is 0 Å². The lowest BCUT2D eigenvalue weighted by Crippen LogP contribution is -2.49. The van der Waals surface area contributed by atoms with Crippen LogP contribution >= 0.6 is 22.9 Å². The molecule has 46 heavy (non-hydrogen) atoms. The fraction of sp³-hybridized carbons (Fsp3) is 0.267. The number of ether oxygens (including phenoxy) is 2. The molecule has 1 unspecified atom stereocenters. The van der Waals surface area contributed by atoms with Crippen LogP contribution in [0.25, 0.3) is 22.3 Å². The van der Waals surface area contributed by atoms with Crippen molar-refractivity contribution >= 4 is 51.9 Å². The van der Waals surface area contributed by atoms with E-state index in [0.29, 0.717) is 16.7 Å². The SMILES string of the molecule is C[C@@]1(O)[C@@H](COC(Cc2ccc(-c3ccccc3C(=O)O)cc2)(C(=O)O)c2cscn2)O[C@@H](n2cnc3c(N)nc(Cl)nc32)[C@@H]1O. The lowest BCUT2D eigenvalue weighted by molar-refractivity contribution is -0.180. The maximum Gasteiger partial charge on any atom is 0.342 e. The molecule has 0 amide bonds. The maximum absolute atomic E-state index is 13.0. The van der Waals surface area contributed by atoms with Crippen molar-refractivity contribution in [2.45, 2.75) is 43.0 Å². The molecule has 4 heterocycles. The van der Waals surface area contributed by atoms with Gasteiger partial charge in [-0.25, -0.2) is 19.6 Å². The minimum Gasteiger partial charge on any atom is -0.479 e. The van der Waals surface area contributed by atoms with E-state index in [4.69, 9.17) is 26.8 Å². The highest BCUT2D eigenvalue weighted by atomic mass is 35.5. The molecular weight excluding hydrogens is 640 g/mol.